The number of carbonyl (C=O) groups is 2. The molecule has 1 fully saturated rings. The lowest BCUT2D eigenvalue weighted by atomic mass is 10.1. The minimum Gasteiger partial charge on any atom is -0.343 e. The number of amides is 2. The summed E-state index contributed by atoms with van der Waals surface area (Å²) in [6, 6.07) is 2.82. The summed E-state index contributed by atoms with van der Waals surface area (Å²) in [6.45, 7) is 3.88. The quantitative estimate of drug-likeness (QED) is 0.800. The number of carbonyl (C=O) groups excluding carboxylic acids is 2. The third-order valence-electron chi connectivity index (χ3n) is 2.96. The fourth-order valence-corrected chi connectivity index (χ4v) is 1.88. The molecule has 2 atom stereocenters. The van der Waals surface area contributed by atoms with Crippen LogP contribution in [-0.4, -0.2) is 33.8 Å². The standard InChI is InChI=1S/C12H15N3O2/c1-8-12(17)15(9(2)11(16)14-8)7-10-3-5-13-6-4-10/h3-6,8-9H,7H2,1-2H3,(H,14,16). The van der Waals surface area contributed by atoms with Crippen LogP contribution < -0.4 is 5.32 Å². The normalized spacial score (nSPS) is 24.7. The number of nitrogens with zero attached hydrogens (tertiary/aromatic N) is 2. The molecule has 5 nitrogen and oxygen atoms in total. The van der Waals surface area contributed by atoms with Crippen molar-refractivity contribution >= 4 is 11.8 Å². The van der Waals surface area contributed by atoms with E-state index in [1.807, 2.05) is 12.1 Å². The van der Waals surface area contributed by atoms with Gasteiger partial charge in [0.15, 0.2) is 0 Å². The van der Waals surface area contributed by atoms with Crippen LogP contribution in [0.3, 0.4) is 0 Å². The SMILES string of the molecule is CC1NC(=O)C(C)N(Cc2ccncc2)C1=O. The highest BCUT2D eigenvalue weighted by Gasteiger charge is 2.35. The lowest BCUT2D eigenvalue weighted by Gasteiger charge is -2.36. The molecule has 0 aliphatic carbocycles. The first-order valence-electron chi connectivity index (χ1n) is 5.59. The van der Waals surface area contributed by atoms with E-state index in [0.29, 0.717) is 6.54 Å². The van der Waals surface area contributed by atoms with Crippen LogP contribution in [0.1, 0.15) is 19.4 Å². The van der Waals surface area contributed by atoms with Gasteiger partial charge in [-0.05, 0) is 31.5 Å². The van der Waals surface area contributed by atoms with Crippen molar-refractivity contribution in [1.82, 2.24) is 15.2 Å². The van der Waals surface area contributed by atoms with Gasteiger partial charge in [0, 0.05) is 18.9 Å². The zero-order valence-corrected chi connectivity index (χ0v) is 9.88. The van der Waals surface area contributed by atoms with Crippen molar-refractivity contribution in [2.45, 2.75) is 32.5 Å². The molecular weight excluding hydrogens is 218 g/mol. The summed E-state index contributed by atoms with van der Waals surface area (Å²) in [5, 5.41) is 2.65. The second-order valence-electron chi connectivity index (χ2n) is 4.23. The average molecular weight is 233 g/mol. The van der Waals surface area contributed by atoms with Crippen LogP contribution in [-0.2, 0) is 16.1 Å². The fourth-order valence-electron chi connectivity index (χ4n) is 1.88. The van der Waals surface area contributed by atoms with Gasteiger partial charge in [-0.1, -0.05) is 0 Å². The van der Waals surface area contributed by atoms with Crippen LogP contribution in [0.15, 0.2) is 24.5 Å². The van der Waals surface area contributed by atoms with Gasteiger partial charge in [0.1, 0.15) is 12.1 Å². The van der Waals surface area contributed by atoms with Gasteiger partial charge in [-0.15, -0.1) is 0 Å². The molecule has 5 heteroatoms. The van der Waals surface area contributed by atoms with Gasteiger partial charge in [0.05, 0.1) is 0 Å². The molecule has 0 spiro atoms. The van der Waals surface area contributed by atoms with Gasteiger partial charge in [0.25, 0.3) is 0 Å². The average Bonchev–Trinajstić information content (AvgIpc) is 2.33. The Morgan fingerprint density at radius 1 is 1.29 bits per heavy atom. The Labute approximate surface area is 99.8 Å². The van der Waals surface area contributed by atoms with Crippen molar-refractivity contribution in [3.05, 3.63) is 30.1 Å². The zero-order chi connectivity index (χ0) is 12.4. The maximum atomic E-state index is 12.0. The Hall–Kier alpha value is -1.91. The summed E-state index contributed by atoms with van der Waals surface area (Å²) >= 11 is 0. The molecule has 1 saturated heterocycles. The van der Waals surface area contributed by atoms with Gasteiger partial charge in [0.2, 0.25) is 11.8 Å². The van der Waals surface area contributed by atoms with E-state index in [9.17, 15) is 9.59 Å². The number of piperazine rings is 1. The van der Waals surface area contributed by atoms with Crippen LogP contribution in [0.5, 0.6) is 0 Å². The summed E-state index contributed by atoms with van der Waals surface area (Å²) in [4.78, 5) is 29.1. The first kappa shape index (κ1) is 11.6. The molecular formula is C12H15N3O2. The van der Waals surface area contributed by atoms with Crippen molar-refractivity contribution < 1.29 is 9.59 Å². The first-order valence-corrected chi connectivity index (χ1v) is 5.59. The number of hydrogen-bond acceptors (Lipinski definition) is 3. The molecule has 1 aliphatic heterocycles. The van der Waals surface area contributed by atoms with E-state index in [0.717, 1.165) is 5.56 Å². The molecule has 0 bridgehead atoms. The smallest absolute Gasteiger partial charge is 0.245 e. The Bertz CT molecular complexity index is 433. The number of hydrogen-bond donors (Lipinski definition) is 1. The predicted molar refractivity (Wildman–Crippen MR) is 61.9 cm³/mol. The van der Waals surface area contributed by atoms with Gasteiger partial charge >= 0.3 is 0 Å². The second kappa shape index (κ2) is 4.53. The van der Waals surface area contributed by atoms with Gasteiger partial charge in [-0.3, -0.25) is 14.6 Å². The summed E-state index contributed by atoms with van der Waals surface area (Å²) in [6.07, 6.45) is 3.36. The summed E-state index contributed by atoms with van der Waals surface area (Å²) in [5.41, 5.74) is 0.974. The summed E-state index contributed by atoms with van der Waals surface area (Å²) in [7, 11) is 0. The second-order valence-corrected chi connectivity index (χ2v) is 4.23. The number of nitrogens with one attached hydrogen (secondary N) is 1. The highest BCUT2D eigenvalue weighted by atomic mass is 16.2. The van der Waals surface area contributed by atoms with Gasteiger partial charge in [-0.25, -0.2) is 0 Å². The number of aromatic nitrogens is 1. The molecule has 2 rings (SSSR count). The Balaban J connectivity index is 2.18. The lowest BCUT2D eigenvalue weighted by Crippen LogP contribution is -2.60. The van der Waals surface area contributed by atoms with E-state index >= 15 is 0 Å². The zero-order valence-electron chi connectivity index (χ0n) is 9.88. The van der Waals surface area contributed by atoms with Crippen LogP contribution in [0.25, 0.3) is 0 Å². The van der Waals surface area contributed by atoms with Crippen LogP contribution in [0.4, 0.5) is 0 Å². The molecule has 1 N–H and O–H groups in total. The third-order valence-corrected chi connectivity index (χ3v) is 2.96. The predicted octanol–water partition coefficient (Wildman–Crippen LogP) is 0.317. The molecule has 1 aromatic heterocycles. The van der Waals surface area contributed by atoms with E-state index in [2.05, 4.69) is 10.3 Å². The van der Waals surface area contributed by atoms with Crippen LogP contribution in [0.2, 0.25) is 0 Å². The largest absolute Gasteiger partial charge is 0.343 e. The lowest BCUT2D eigenvalue weighted by molar-refractivity contribution is -0.148. The molecule has 0 radical (unpaired) electrons. The van der Waals surface area contributed by atoms with E-state index < -0.39 is 12.1 Å². The van der Waals surface area contributed by atoms with E-state index in [4.69, 9.17) is 0 Å². The van der Waals surface area contributed by atoms with Crippen molar-refractivity contribution in [3.63, 3.8) is 0 Å². The highest BCUT2D eigenvalue weighted by Crippen LogP contribution is 2.13. The third kappa shape index (κ3) is 2.27. The first-order chi connectivity index (χ1) is 8.09. The van der Waals surface area contributed by atoms with E-state index in [-0.39, 0.29) is 11.8 Å². The molecule has 0 saturated carbocycles. The Morgan fingerprint density at radius 2 is 1.94 bits per heavy atom. The number of pyridine rings is 1. The van der Waals surface area contributed by atoms with Crippen molar-refractivity contribution in [3.8, 4) is 0 Å². The molecule has 2 heterocycles. The molecule has 0 aromatic carbocycles. The van der Waals surface area contributed by atoms with Crippen molar-refractivity contribution in [2.75, 3.05) is 0 Å². The molecule has 17 heavy (non-hydrogen) atoms. The topological polar surface area (TPSA) is 62.3 Å². The highest BCUT2D eigenvalue weighted by molar-refractivity contribution is 5.96. The van der Waals surface area contributed by atoms with Gasteiger partial charge in [-0.2, -0.15) is 0 Å². The Kier molecular flexibility index (Phi) is 3.08. The summed E-state index contributed by atoms with van der Waals surface area (Å²) < 4.78 is 0. The molecule has 1 aromatic rings. The van der Waals surface area contributed by atoms with E-state index in [1.165, 1.54) is 0 Å². The maximum Gasteiger partial charge on any atom is 0.245 e. The summed E-state index contributed by atoms with van der Waals surface area (Å²) in [5.74, 6) is -0.153. The minimum absolute atomic E-state index is 0.0473. The molecule has 90 valence electrons. The maximum absolute atomic E-state index is 12.0. The monoisotopic (exact) mass is 233 g/mol. The molecule has 2 amide bonds. The minimum atomic E-state index is -0.444. The van der Waals surface area contributed by atoms with Gasteiger partial charge < -0.3 is 10.2 Å². The van der Waals surface area contributed by atoms with Crippen molar-refractivity contribution in [1.29, 1.82) is 0 Å². The fraction of sp³-hybridized carbons (Fsp3) is 0.417. The number of rotatable bonds is 2. The Morgan fingerprint density at radius 3 is 2.59 bits per heavy atom. The molecule has 2 unspecified atom stereocenters. The molecule has 1 aliphatic rings. The van der Waals surface area contributed by atoms with Crippen LogP contribution >= 0.6 is 0 Å². The van der Waals surface area contributed by atoms with Crippen LogP contribution in [0, 0.1) is 0 Å². The van der Waals surface area contributed by atoms with Crippen molar-refractivity contribution in [2.24, 2.45) is 0 Å². The van der Waals surface area contributed by atoms with E-state index in [1.54, 1.807) is 31.1 Å².